The number of hydrogen-bond donors (Lipinski definition) is 4. The maximum atomic E-state index is 14.2. The number of H-pyrrole nitrogens is 1. The summed E-state index contributed by atoms with van der Waals surface area (Å²) >= 11 is 6.05. The Morgan fingerprint density at radius 3 is 2.59 bits per heavy atom. The van der Waals surface area contributed by atoms with E-state index in [1.807, 2.05) is 0 Å². The summed E-state index contributed by atoms with van der Waals surface area (Å²) in [5.74, 6) is -1.68. The van der Waals surface area contributed by atoms with Gasteiger partial charge in [0.15, 0.2) is 5.60 Å². The van der Waals surface area contributed by atoms with Crippen LogP contribution in [0.5, 0.6) is 5.75 Å². The molecule has 1 aliphatic rings. The molecule has 1 aromatic heterocycles. The lowest BCUT2D eigenvalue weighted by Crippen LogP contribution is -2.58. The number of aromatic hydroxyl groups is 1. The molecule has 0 saturated heterocycles. The van der Waals surface area contributed by atoms with E-state index in [2.05, 4.69) is 10.3 Å². The van der Waals surface area contributed by atoms with Crippen LogP contribution in [-0.4, -0.2) is 33.5 Å². The minimum atomic E-state index is -4.91. The molecule has 4 rings (SSSR count). The van der Waals surface area contributed by atoms with Crippen molar-refractivity contribution in [2.45, 2.75) is 43.4 Å². The molecule has 9 heteroatoms. The highest BCUT2D eigenvalue weighted by Crippen LogP contribution is 2.57. The third-order valence-electron chi connectivity index (χ3n) is 6.25. The van der Waals surface area contributed by atoms with Gasteiger partial charge in [-0.15, -0.1) is 0 Å². The van der Waals surface area contributed by atoms with E-state index in [-0.39, 0.29) is 28.4 Å². The van der Waals surface area contributed by atoms with Crippen molar-refractivity contribution >= 4 is 28.2 Å². The molecule has 0 fully saturated rings. The summed E-state index contributed by atoms with van der Waals surface area (Å²) in [5, 5.41) is 25.3. The van der Waals surface area contributed by atoms with Gasteiger partial charge in [0.1, 0.15) is 5.75 Å². The Morgan fingerprint density at radius 2 is 1.91 bits per heavy atom. The number of pyridine rings is 1. The summed E-state index contributed by atoms with van der Waals surface area (Å²) in [6.45, 7) is 2.82. The van der Waals surface area contributed by atoms with Crippen molar-refractivity contribution in [3.63, 3.8) is 0 Å². The van der Waals surface area contributed by atoms with Crippen LogP contribution in [0, 0.1) is 0 Å². The Labute approximate surface area is 186 Å². The van der Waals surface area contributed by atoms with Crippen LogP contribution in [0.3, 0.4) is 0 Å². The smallest absolute Gasteiger partial charge is 0.417 e. The van der Waals surface area contributed by atoms with Gasteiger partial charge in [-0.3, -0.25) is 4.79 Å². The molecule has 3 aromatic rings. The maximum Gasteiger partial charge on any atom is 0.417 e. The van der Waals surface area contributed by atoms with Gasteiger partial charge < -0.3 is 20.5 Å². The van der Waals surface area contributed by atoms with Gasteiger partial charge in [-0.05, 0) is 41.7 Å². The van der Waals surface area contributed by atoms with Gasteiger partial charge in [-0.1, -0.05) is 37.6 Å². The zero-order chi connectivity index (χ0) is 23.5. The molecule has 0 spiro atoms. The van der Waals surface area contributed by atoms with Crippen LogP contribution in [0.25, 0.3) is 10.9 Å². The molecule has 1 aliphatic carbocycles. The fourth-order valence-corrected chi connectivity index (χ4v) is 5.01. The predicted molar refractivity (Wildman–Crippen MR) is 118 cm³/mol. The van der Waals surface area contributed by atoms with Crippen LogP contribution in [-0.2, 0) is 5.41 Å². The summed E-state index contributed by atoms with van der Waals surface area (Å²) < 4.78 is 42.6. The molecule has 2 unspecified atom stereocenters. The number of halogens is 4. The SMILES string of the molecule is CC1(C)CC(O)(C(F)(F)F)C(CNc2cccc3[nH]c(=O)ccc23)c2ccc(Cl)c(O)c21. The third kappa shape index (κ3) is 3.51. The summed E-state index contributed by atoms with van der Waals surface area (Å²) in [6, 6.07) is 10.7. The second kappa shape index (κ2) is 7.42. The number of nitrogens with one attached hydrogen (secondary N) is 2. The minimum Gasteiger partial charge on any atom is -0.506 e. The van der Waals surface area contributed by atoms with Crippen LogP contribution in [0.2, 0.25) is 5.02 Å². The number of aliphatic hydroxyl groups is 1. The molecule has 1 heterocycles. The van der Waals surface area contributed by atoms with E-state index in [4.69, 9.17) is 11.6 Å². The number of phenolic OH excluding ortho intramolecular Hbond substituents is 1. The van der Waals surface area contributed by atoms with Crippen molar-refractivity contribution in [1.29, 1.82) is 0 Å². The van der Waals surface area contributed by atoms with Gasteiger partial charge in [0.05, 0.1) is 10.5 Å². The maximum absolute atomic E-state index is 14.2. The highest BCUT2D eigenvalue weighted by molar-refractivity contribution is 6.32. The van der Waals surface area contributed by atoms with Gasteiger partial charge >= 0.3 is 6.18 Å². The molecule has 0 radical (unpaired) electrons. The number of phenols is 1. The molecule has 0 amide bonds. The summed E-state index contributed by atoms with van der Waals surface area (Å²) in [4.78, 5) is 14.3. The topological polar surface area (TPSA) is 85.4 Å². The van der Waals surface area contributed by atoms with E-state index in [9.17, 15) is 28.2 Å². The summed E-state index contributed by atoms with van der Waals surface area (Å²) in [6.07, 6.45) is -5.55. The first-order valence-electron chi connectivity index (χ1n) is 10.0. The van der Waals surface area contributed by atoms with Gasteiger partial charge in [0.25, 0.3) is 0 Å². The molecule has 32 heavy (non-hydrogen) atoms. The average molecular weight is 467 g/mol. The number of aromatic amines is 1. The van der Waals surface area contributed by atoms with Gasteiger partial charge in [0.2, 0.25) is 5.56 Å². The second-order valence-corrected chi connectivity index (χ2v) is 9.27. The number of alkyl halides is 3. The van der Waals surface area contributed by atoms with Gasteiger partial charge in [-0.2, -0.15) is 13.2 Å². The Morgan fingerprint density at radius 1 is 1.19 bits per heavy atom. The first-order chi connectivity index (χ1) is 14.8. The monoisotopic (exact) mass is 466 g/mol. The number of anilines is 1. The van der Waals surface area contributed by atoms with E-state index >= 15 is 0 Å². The lowest BCUT2D eigenvalue weighted by molar-refractivity contribution is -0.277. The lowest BCUT2D eigenvalue weighted by Gasteiger charge is -2.49. The van der Waals surface area contributed by atoms with Crippen molar-refractivity contribution in [3.8, 4) is 5.75 Å². The van der Waals surface area contributed by atoms with Crippen molar-refractivity contribution in [1.82, 2.24) is 4.98 Å². The molecule has 5 nitrogen and oxygen atoms in total. The summed E-state index contributed by atoms with van der Waals surface area (Å²) in [7, 11) is 0. The number of benzene rings is 2. The van der Waals surface area contributed by atoms with Crippen LogP contribution in [0.1, 0.15) is 37.3 Å². The largest absolute Gasteiger partial charge is 0.506 e. The molecule has 2 aromatic carbocycles. The molecule has 170 valence electrons. The number of aromatic nitrogens is 1. The Balaban J connectivity index is 1.82. The second-order valence-electron chi connectivity index (χ2n) is 8.87. The quantitative estimate of drug-likeness (QED) is 0.435. The number of rotatable bonds is 3. The van der Waals surface area contributed by atoms with Crippen LogP contribution >= 0.6 is 11.6 Å². The van der Waals surface area contributed by atoms with E-state index in [1.165, 1.54) is 18.2 Å². The van der Waals surface area contributed by atoms with Gasteiger partial charge in [0, 0.05) is 35.2 Å². The van der Waals surface area contributed by atoms with Crippen molar-refractivity contribution < 1.29 is 23.4 Å². The molecule has 0 aliphatic heterocycles. The normalized spacial score (nSPS) is 22.5. The van der Waals surface area contributed by atoms with E-state index in [1.54, 1.807) is 38.1 Å². The average Bonchev–Trinajstić information content (AvgIpc) is 2.68. The predicted octanol–water partition coefficient (Wildman–Crippen LogP) is 5.06. The fraction of sp³-hybridized carbons (Fsp3) is 0.348. The Kier molecular flexibility index (Phi) is 5.21. The molecular weight excluding hydrogens is 445 g/mol. The van der Waals surface area contributed by atoms with Crippen LogP contribution in [0.15, 0.2) is 47.3 Å². The first-order valence-corrected chi connectivity index (χ1v) is 10.4. The molecular formula is C23H22ClF3N2O3. The number of hydrogen-bond acceptors (Lipinski definition) is 4. The van der Waals surface area contributed by atoms with E-state index in [0.717, 1.165) is 0 Å². The molecule has 0 bridgehead atoms. The first kappa shape index (κ1) is 22.5. The Hall–Kier alpha value is -2.71. The van der Waals surface area contributed by atoms with Crippen molar-refractivity contribution in [2.75, 3.05) is 11.9 Å². The highest BCUT2D eigenvalue weighted by Gasteiger charge is 2.63. The van der Waals surface area contributed by atoms with E-state index in [0.29, 0.717) is 22.2 Å². The zero-order valence-corrected chi connectivity index (χ0v) is 18.1. The standard InChI is InChI=1S/C23H22ClF3N2O3/c1-21(2)11-22(32,23(25,26)27)14(12-6-8-15(24)20(31)19(12)21)10-28-16-4-3-5-17-13(16)7-9-18(30)29-17/h3-9,14,28,31-32H,10-11H2,1-2H3,(H,29,30). The minimum absolute atomic E-state index is 0.0407. The third-order valence-corrected chi connectivity index (χ3v) is 6.56. The zero-order valence-electron chi connectivity index (χ0n) is 17.3. The lowest BCUT2D eigenvalue weighted by atomic mass is 9.61. The van der Waals surface area contributed by atoms with E-state index < -0.39 is 29.5 Å². The molecule has 0 saturated carbocycles. The molecule has 2 atom stereocenters. The molecule has 4 N–H and O–H groups in total. The van der Waals surface area contributed by atoms with Crippen LogP contribution in [0.4, 0.5) is 18.9 Å². The summed E-state index contributed by atoms with van der Waals surface area (Å²) in [5.41, 5.74) is -2.98. The van der Waals surface area contributed by atoms with Crippen LogP contribution < -0.4 is 10.9 Å². The highest BCUT2D eigenvalue weighted by atomic mass is 35.5. The van der Waals surface area contributed by atoms with Gasteiger partial charge in [-0.25, -0.2) is 0 Å². The van der Waals surface area contributed by atoms with Crippen molar-refractivity contribution in [2.24, 2.45) is 0 Å². The number of fused-ring (bicyclic) bond motifs is 2. The Bertz CT molecular complexity index is 1260. The fourth-order valence-electron chi connectivity index (χ4n) is 4.86. The van der Waals surface area contributed by atoms with Crippen molar-refractivity contribution in [3.05, 3.63) is 69.0 Å².